The number of hydrogen-bond donors (Lipinski definition) is 2. The molecule has 0 atom stereocenters. The van der Waals surface area contributed by atoms with E-state index >= 15 is 0 Å². The highest BCUT2D eigenvalue weighted by molar-refractivity contribution is 4.77. The maximum absolute atomic E-state index is 5.83. The molecule has 1 aliphatic rings. The molecule has 66 valence electrons. The van der Waals surface area contributed by atoms with Crippen LogP contribution in [0, 0.1) is 5.92 Å². The van der Waals surface area contributed by atoms with Crippen LogP contribution in [0.2, 0.25) is 0 Å². The molecule has 3 N–H and O–H groups in total. The van der Waals surface area contributed by atoms with Gasteiger partial charge in [-0.15, -0.1) is 0 Å². The minimum atomic E-state index is -0.00342. The van der Waals surface area contributed by atoms with Crippen molar-refractivity contribution in [2.75, 3.05) is 13.1 Å². The van der Waals surface area contributed by atoms with E-state index in [9.17, 15) is 0 Å². The average Bonchev–Trinajstić information content (AvgIpc) is 2.60. The van der Waals surface area contributed by atoms with Crippen molar-refractivity contribution in [3.8, 4) is 0 Å². The highest BCUT2D eigenvalue weighted by Gasteiger charge is 2.20. The van der Waals surface area contributed by atoms with Crippen molar-refractivity contribution in [2.24, 2.45) is 11.7 Å². The Morgan fingerprint density at radius 3 is 2.55 bits per heavy atom. The van der Waals surface area contributed by atoms with Crippen LogP contribution in [0.25, 0.3) is 0 Å². The van der Waals surface area contributed by atoms with E-state index in [2.05, 4.69) is 19.2 Å². The first kappa shape index (κ1) is 9.01. The minimum Gasteiger partial charge on any atom is -0.326 e. The van der Waals surface area contributed by atoms with E-state index in [4.69, 9.17) is 5.73 Å². The zero-order chi connectivity index (χ0) is 8.32. The highest BCUT2D eigenvalue weighted by atomic mass is 14.9. The van der Waals surface area contributed by atoms with Gasteiger partial charge in [0.2, 0.25) is 0 Å². The molecule has 0 saturated heterocycles. The molecule has 0 unspecified atom stereocenters. The van der Waals surface area contributed by atoms with Gasteiger partial charge in [-0.1, -0.05) is 0 Å². The molecule has 0 aromatic carbocycles. The Bertz CT molecular complexity index is 111. The largest absolute Gasteiger partial charge is 0.326 e. The van der Waals surface area contributed by atoms with Gasteiger partial charge in [-0.05, 0) is 52.1 Å². The van der Waals surface area contributed by atoms with Crippen molar-refractivity contribution >= 4 is 0 Å². The van der Waals surface area contributed by atoms with Crippen molar-refractivity contribution in [1.29, 1.82) is 0 Å². The van der Waals surface area contributed by atoms with Crippen LogP contribution >= 0.6 is 0 Å². The Balaban J connectivity index is 1.87. The minimum absolute atomic E-state index is 0.00342. The molecule has 0 aromatic rings. The lowest BCUT2D eigenvalue weighted by molar-refractivity contribution is 0.452. The van der Waals surface area contributed by atoms with Gasteiger partial charge in [-0.2, -0.15) is 0 Å². The number of nitrogens with one attached hydrogen (secondary N) is 1. The molecule has 0 aliphatic heterocycles. The van der Waals surface area contributed by atoms with Crippen molar-refractivity contribution in [2.45, 2.75) is 38.6 Å². The molecule has 0 bridgehead atoms. The van der Waals surface area contributed by atoms with Gasteiger partial charge in [-0.25, -0.2) is 0 Å². The molecule has 1 aliphatic carbocycles. The molecule has 1 saturated carbocycles. The van der Waals surface area contributed by atoms with Gasteiger partial charge in [0.15, 0.2) is 0 Å². The maximum atomic E-state index is 5.83. The number of hydrogen-bond acceptors (Lipinski definition) is 2. The van der Waals surface area contributed by atoms with Crippen LogP contribution in [0.1, 0.15) is 33.1 Å². The van der Waals surface area contributed by atoms with Crippen LogP contribution in [0.5, 0.6) is 0 Å². The summed E-state index contributed by atoms with van der Waals surface area (Å²) in [6, 6.07) is 0. The van der Waals surface area contributed by atoms with Crippen LogP contribution in [0.3, 0.4) is 0 Å². The summed E-state index contributed by atoms with van der Waals surface area (Å²) in [7, 11) is 0. The van der Waals surface area contributed by atoms with Gasteiger partial charge in [0.25, 0.3) is 0 Å². The topological polar surface area (TPSA) is 38.0 Å². The molecule has 0 aromatic heterocycles. The van der Waals surface area contributed by atoms with Gasteiger partial charge in [-0.3, -0.25) is 0 Å². The summed E-state index contributed by atoms with van der Waals surface area (Å²) in [5.41, 5.74) is 5.82. The summed E-state index contributed by atoms with van der Waals surface area (Å²) in [4.78, 5) is 0. The van der Waals surface area contributed by atoms with Crippen LogP contribution in [-0.2, 0) is 0 Å². The van der Waals surface area contributed by atoms with Gasteiger partial charge < -0.3 is 11.1 Å². The average molecular weight is 156 g/mol. The first-order chi connectivity index (χ1) is 5.08. The third-order valence-corrected chi connectivity index (χ3v) is 2.08. The molecular weight excluding hydrogens is 136 g/mol. The first-order valence-electron chi connectivity index (χ1n) is 4.57. The van der Waals surface area contributed by atoms with E-state index in [-0.39, 0.29) is 5.54 Å². The predicted octanol–water partition coefficient (Wildman–Crippen LogP) is 1.11. The quantitative estimate of drug-likeness (QED) is 0.585. The zero-order valence-electron chi connectivity index (χ0n) is 7.69. The maximum Gasteiger partial charge on any atom is 0.0109 e. The summed E-state index contributed by atoms with van der Waals surface area (Å²) in [5.74, 6) is 0.982. The molecular formula is C9H20N2. The Morgan fingerprint density at radius 1 is 1.45 bits per heavy atom. The number of rotatable bonds is 5. The second-order valence-electron chi connectivity index (χ2n) is 4.39. The smallest absolute Gasteiger partial charge is 0.0109 e. The van der Waals surface area contributed by atoms with Crippen molar-refractivity contribution in [3.63, 3.8) is 0 Å². The zero-order valence-corrected chi connectivity index (χ0v) is 7.69. The van der Waals surface area contributed by atoms with E-state index < -0.39 is 0 Å². The molecule has 0 radical (unpaired) electrons. The van der Waals surface area contributed by atoms with Gasteiger partial charge >= 0.3 is 0 Å². The Morgan fingerprint density at radius 2 is 2.09 bits per heavy atom. The number of nitrogens with two attached hydrogens (primary N) is 1. The molecule has 2 heteroatoms. The molecule has 1 rings (SSSR count). The van der Waals surface area contributed by atoms with Crippen molar-refractivity contribution < 1.29 is 0 Å². The van der Waals surface area contributed by atoms with Crippen molar-refractivity contribution in [1.82, 2.24) is 5.32 Å². The first-order valence-corrected chi connectivity index (χ1v) is 4.57. The fraction of sp³-hybridized carbons (Fsp3) is 1.00. The Hall–Kier alpha value is -0.0800. The second kappa shape index (κ2) is 3.55. The normalized spacial score (nSPS) is 18.8. The van der Waals surface area contributed by atoms with E-state index in [1.807, 2.05) is 0 Å². The fourth-order valence-electron chi connectivity index (χ4n) is 1.04. The Kier molecular flexibility index (Phi) is 2.90. The van der Waals surface area contributed by atoms with Gasteiger partial charge in [0.1, 0.15) is 0 Å². The molecule has 11 heavy (non-hydrogen) atoms. The van der Waals surface area contributed by atoms with E-state index in [1.165, 1.54) is 19.4 Å². The second-order valence-corrected chi connectivity index (χ2v) is 4.39. The molecule has 0 amide bonds. The van der Waals surface area contributed by atoms with Crippen LogP contribution in [0.4, 0.5) is 0 Å². The van der Waals surface area contributed by atoms with Gasteiger partial charge in [0, 0.05) is 5.54 Å². The van der Waals surface area contributed by atoms with E-state index in [0.717, 1.165) is 18.9 Å². The monoisotopic (exact) mass is 156 g/mol. The summed E-state index contributed by atoms with van der Waals surface area (Å²) in [5, 5.41) is 3.42. The standard InChI is InChI=1S/C9H20N2/c1-9(2,10)5-6-11-7-8-3-4-8/h8,11H,3-7,10H2,1-2H3. The summed E-state index contributed by atoms with van der Waals surface area (Å²) >= 11 is 0. The summed E-state index contributed by atoms with van der Waals surface area (Å²) in [6.07, 6.45) is 3.93. The van der Waals surface area contributed by atoms with Crippen LogP contribution < -0.4 is 11.1 Å². The molecule has 2 nitrogen and oxygen atoms in total. The van der Waals surface area contributed by atoms with Crippen LogP contribution in [-0.4, -0.2) is 18.6 Å². The lowest BCUT2D eigenvalue weighted by atomic mass is 10.0. The summed E-state index contributed by atoms with van der Waals surface area (Å²) in [6.45, 7) is 6.42. The Labute approximate surface area is 69.5 Å². The third-order valence-electron chi connectivity index (χ3n) is 2.08. The van der Waals surface area contributed by atoms with Gasteiger partial charge in [0.05, 0.1) is 0 Å². The lowest BCUT2D eigenvalue weighted by Crippen LogP contribution is -2.36. The third kappa shape index (κ3) is 5.22. The van der Waals surface area contributed by atoms with E-state index in [1.54, 1.807) is 0 Å². The summed E-state index contributed by atoms with van der Waals surface area (Å²) < 4.78 is 0. The molecule has 0 spiro atoms. The van der Waals surface area contributed by atoms with E-state index in [0.29, 0.717) is 0 Å². The van der Waals surface area contributed by atoms with Crippen molar-refractivity contribution in [3.05, 3.63) is 0 Å². The van der Waals surface area contributed by atoms with Crippen LogP contribution in [0.15, 0.2) is 0 Å². The molecule has 1 fully saturated rings. The fourth-order valence-corrected chi connectivity index (χ4v) is 1.04. The highest BCUT2D eigenvalue weighted by Crippen LogP contribution is 2.27. The SMILES string of the molecule is CC(C)(N)CCNCC1CC1. The molecule has 0 heterocycles. The predicted molar refractivity (Wildman–Crippen MR) is 48.5 cm³/mol. The lowest BCUT2D eigenvalue weighted by Gasteiger charge is -2.18.